The molecule has 0 saturated heterocycles. The fourth-order valence-electron chi connectivity index (χ4n) is 0.989. The summed E-state index contributed by atoms with van der Waals surface area (Å²) in [6, 6.07) is 9.35. The van der Waals surface area contributed by atoms with E-state index in [1.165, 1.54) is 11.1 Å². The van der Waals surface area contributed by atoms with Gasteiger partial charge in [0, 0.05) is 11.9 Å². The number of nitrogens with zero attached hydrogens (tertiary/aromatic N) is 1. The van der Waals surface area contributed by atoms with Crippen molar-refractivity contribution in [2.75, 3.05) is 4.90 Å². The summed E-state index contributed by atoms with van der Waals surface area (Å²) >= 11 is 0. The largest absolute Gasteiger partial charge is 0.405 e. The highest BCUT2D eigenvalue weighted by atomic mass is 16.1. The van der Waals surface area contributed by atoms with Crippen molar-refractivity contribution in [3.63, 3.8) is 0 Å². The minimum atomic E-state index is 0.746. The van der Waals surface area contributed by atoms with E-state index in [4.69, 9.17) is 5.73 Å². The molecular weight excluding hydrogens is 176 g/mol. The normalized spacial score (nSPS) is 10.9. The Hall–Kier alpha value is -2.03. The van der Waals surface area contributed by atoms with Crippen LogP contribution in [0.4, 0.5) is 5.69 Å². The van der Waals surface area contributed by atoms with Gasteiger partial charge in [-0.05, 0) is 30.5 Å². The standard InChI is InChI=1S/C11H12N2O/c12-8-4-5-9-13(10-14)11-6-2-1-3-7-11/h1-10H,12H2/b8-4+,9-5-. The Labute approximate surface area is 83.1 Å². The monoisotopic (exact) mass is 188 g/mol. The number of rotatable bonds is 4. The van der Waals surface area contributed by atoms with E-state index in [9.17, 15) is 4.79 Å². The second-order valence-corrected chi connectivity index (χ2v) is 2.57. The van der Waals surface area contributed by atoms with Crippen molar-refractivity contribution in [2.24, 2.45) is 5.73 Å². The Morgan fingerprint density at radius 1 is 1.14 bits per heavy atom. The molecule has 3 heteroatoms. The molecule has 0 fully saturated rings. The van der Waals surface area contributed by atoms with Crippen LogP contribution in [0.15, 0.2) is 54.9 Å². The third-order valence-electron chi connectivity index (χ3n) is 1.64. The second kappa shape index (κ2) is 5.59. The van der Waals surface area contributed by atoms with Crippen LogP contribution in [-0.2, 0) is 4.79 Å². The highest BCUT2D eigenvalue weighted by Crippen LogP contribution is 2.11. The van der Waals surface area contributed by atoms with E-state index in [0.717, 1.165) is 12.1 Å². The Balaban J connectivity index is 2.77. The quantitative estimate of drug-likeness (QED) is 0.576. The van der Waals surface area contributed by atoms with Crippen molar-refractivity contribution in [3.05, 3.63) is 54.9 Å². The minimum Gasteiger partial charge on any atom is -0.405 e. The van der Waals surface area contributed by atoms with Gasteiger partial charge in [-0.3, -0.25) is 9.69 Å². The summed E-state index contributed by atoms with van der Waals surface area (Å²) in [6.45, 7) is 0. The summed E-state index contributed by atoms with van der Waals surface area (Å²) in [4.78, 5) is 12.2. The number of para-hydroxylation sites is 1. The van der Waals surface area contributed by atoms with E-state index in [1.807, 2.05) is 30.3 Å². The maximum absolute atomic E-state index is 10.7. The minimum absolute atomic E-state index is 0.746. The zero-order chi connectivity index (χ0) is 10.2. The van der Waals surface area contributed by atoms with E-state index < -0.39 is 0 Å². The average molecular weight is 188 g/mol. The lowest BCUT2D eigenvalue weighted by Gasteiger charge is -2.10. The van der Waals surface area contributed by atoms with Crippen LogP contribution in [0.1, 0.15) is 0 Å². The number of hydrogen-bond donors (Lipinski definition) is 1. The first-order valence-corrected chi connectivity index (χ1v) is 4.22. The molecule has 0 heterocycles. The van der Waals surface area contributed by atoms with Crippen molar-refractivity contribution in [1.29, 1.82) is 0 Å². The van der Waals surface area contributed by atoms with Gasteiger partial charge in [-0.25, -0.2) is 0 Å². The van der Waals surface area contributed by atoms with Crippen molar-refractivity contribution in [2.45, 2.75) is 0 Å². The molecule has 0 atom stereocenters. The van der Waals surface area contributed by atoms with Gasteiger partial charge >= 0.3 is 0 Å². The zero-order valence-electron chi connectivity index (χ0n) is 7.71. The predicted octanol–water partition coefficient (Wildman–Crippen LogP) is 1.64. The van der Waals surface area contributed by atoms with Gasteiger partial charge in [0.2, 0.25) is 6.41 Å². The lowest BCUT2D eigenvalue weighted by molar-refractivity contribution is -0.106. The first-order chi connectivity index (χ1) is 6.88. The van der Waals surface area contributed by atoms with Crippen LogP contribution in [0, 0.1) is 0 Å². The molecule has 0 aromatic heterocycles. The molecule has 14 heavy (non-hydrogen) atoms. The van der Waals surface area contributed by atoms with Gasteiger partial charge in [-0.15, -0.1) is 0 Å². The van der Waals surface area contributed by atoms with E-state index in [1.54, 1.807) is 18.4 Å². The number of hydrogen-bond acceptors (Lipinski definition) is 2. The second-order valence-electron chi connectivity index (χ2n) is 2.57. The molecule has 1 aromatic carbocycles. The molecule has 0 saturated carbocycles. The lowest BCUT2D eigenvalue weighted by atomic mass is 10.3. The van der Waals surface area contributed by atoms with Crippen LogP contribution < -0.4 is 10.6 Å². The van der Waals surface area contributed by atoms with E-state index in [-0.39, 0.29) is 0 Å². The fraction of sp³-hybridized carbons (Fsp3) is 0. The molecule has 0 bridgehead atoms. The molecule has 2 N–H and O–H groups in total. The van der Waals surface area contributed by atoms with Gasteiger partial charge in [0.05, 0.1) is 0 Å². The number of benzene rings is 1. The number of carbonyl (C=O) groups is 1. The summed E-state index contributed by atoms with van der Waals surface area (Å²) < 4.78 is 0. The van der Waals surface area contributed by atoms with Crippen molar-refractivity contribution >= 4 is 12.1 Å². The number of anilines is 1. The molecule has 0 spiro atoms. The Morgan fingerprint density at radius 3 is 2.43 bits per heavy atom. The molecule has 1 rings (SSSR count). The molecule has 1 aromatic rings. The fourth-order valence-corrected chi connectivity index (χ4v) is 0.989. The van der Waals surface area contributed by atoms with Gasteiger partial charge in [0.15, 0.2) is 0 Å². The van der Waals surface area contributed by atoms with Crippen LogP contribution in [0.25, 0.3) is 0 Å². The molecule has 0 aliphatic rings. The molecule has 0 unspecified atom stereocenters. The number of amides is 1. The topological polar surface area (TPSA) is 46.3 Å². The number of nitrogens with two attached hydrogens (primary N) is 1. The van der Waals surface area contributed by atoms with Crippen LogP contribution in [-0.4, -0.2) is 6.41 Å². The number of carbonyl (C=O) groups excluding carboxylic acids is 1. The smallest absolute Gasteiger partial charge is 0.218 e. The summed E-state index contributed by atoms with van der Waals surface area (Å²) in [5.41, 5.74) is 5.98. The molecule has 1 amide bonds. The Bertz CT molecular complexity index is 330. The average Bonchev–Trinajstić information content (AvgIpc) is 2.26. The van der Waals surface area contributed by atoms with Crippen LogP contribution in [0.2, 0.25) is 0 Å². The van der Waals surface area contributed by atoms with Crippen molar-refractivity contribution in [3.8, 4) is 0 Å². The molecule has 0 aliphatic heterocycles. The van der Waals surface area contributed by atoms with E-state index in [0.29, 0.717) is 0 Å². The highest BCUT2D eigenvalue weighted by molar-refractivity contribution is 5.77. The van der Waals surface area contributed by atoms with Gasteiger partial charge in [-0.2, -0.15) is 0 Å². The van der Waals surface area contributed by atoms with E-state index in [2.05, 4.69) is 0 Å². The Morgan fingerprint density at radius 2 is 1.86 bits per heavy atom. The van der Waals surface area contributed by atoms with Crippen LogP contribution >= 0.6 is 0 Å². The Kier molecular flexibility index (Phi) is 4.01. The molecule has 0 aliphatic carbocycles. The maximum Gasteiger partial charge on any atom is 0.218 e. The van der Waals surface area contributed by atoms with Gasteiger partial charge in [-0.1, -0.05) is 18.2 Å². The maximum atomic E-state index is 10.7. The first kappa shape index (κ1) is 10.1. The van der Waals surface area contributed by atoms with Crippen molar-refractivity contribution in [1.82, 2.24) is 0 Å². The molecule has 3 nitrogen and oxygen atoms in total. The zero-order valence-corrected chi connectivity index (χ0v) is 7.71. The molecular formula is C11H12N2O. The molecule has 72 valence electrons. The summed E-state index contributed by atoms with van der Waals surface area (Å²) in [5, 5.41) is 0. The van der Waals surface area contributed by atoms with Gasteiger partial charge in [0.1, 0.15) is 0 Å². The van der Waals surface area contributed by atoms with Crippen LogP contribution in [0.3, 0.4) is 0 Å². The summed E-state index contributed by atoms with van der Waals surface area (Å²) in [6.07, 6.45) is 7.15. The van der Waals surface area contributed by atoms with Gasteiger partial charge in [0.25, 0.3) is 0 Å². The first-order valence-electron chi connectivity index (χ1n) is 4.22. The summed E-state index contributed by atoms with van der Waals surface area (Å²) in [7, 11) is 0. The lowest BCUT2D eigenvalue weighted by Crippen LogP contribution is -2.12. The van der Waals surface area contributed by atoms with E-state index >= 15 is 0 Å². The third-order valence-corrected chi connectivity index (χ3v) is 1.64. The van der Waals surface area contributed by atoms with Gasteiger partial charge < -0.3 is 5.73 Å². The highest BCUT2D eigenvalue weighted by Gasteiger charge is 1.97. The summed E-state index contributed by atoms with van der Waals surface area (Å²) in [5.74, 6) is 0. The third kappa shape index (κ3) is 2.79. The van der Waals surface area contributed by atoms with Crippen molar-refractivity contribution < 1.29 is 4.79 Å². The molecule has 0 radical (unpaired) electrons. The SMILES string of the molecule is N/C=C/C=C\N(C=O)c1ccccc1. The number of allylic oxidation sites excluding steroid dienone is 2. The van der Waals surface area contributed by atoms with Crippen LogP contribution in [0.5, 0.6) is 0 Å². The predicted molar refractivity (Wildman–Crippen MR) is 57.5 cm³/mol.